The Bertz CT molecular complexity index is 878. The van der Waals surface area contributed by atoms with Gasteiger partial charge in [-0.2, -0.15) is 0 Å². The number of fused-ring (bicyclic) bond motifs is 9. The minimum atomic E-state index is 1.11. The monoisotopic (exact) mass is 428 g/mol. The maximum Gasteiger partial charge on any atom is 0.0892 e. The van der Waals surface area contributed by atoms with Crippen molar-refractivity contribution in [1.29, 1.82) is 0 Å². The molecule has 0 radical (unpaired) electrons. The van der Waals surface area contributed by atoms with E-state index in [0.29, 0.717) is 0 Å². The highest BCUT2D eigenvalue weighted by molar-refractivity contribution is 5.60. The Labute approximate surface area is 195 Å². The molecule has 2 aromatic heterocycles. The molecule has 0 amide bonds. The maximum atomic E-state index is 5.32. The predicted octanol–water partition coefficient (Wildman–Crippen LogP) is 7.68. The molecule has 0 aromatic carbocycles. The highest BCUT2D eigenvalue weighted by Gasteiger charge is 2.19. The lowest BCUT2D eigenvalue weighted by molar-refractivity contribution is 0.608. The summed E-state index contributed by atoms with van der Waals surface area (Å²) in [6, 6.07) is 4.86. The Kier molecular flexibility index (Phi) is 7.36. The predicted molar refractivity (Wildman–Crippen MR) is 134 cm³/mol. The number of hydrogen-bond donors (Lipinski definition) is 0. The van der Waals surface area contributed by atoms with Gasteiger partial charge in [-0.3, -0.25) is 9.97 Å². The third kappa shape index (κ3) is 5.16. The molecule has 0 spiro atoms. The molecule has 3 heterocycles. The zero-order chi connectivity index (χ0) is 21.6. The number of aromatic nitrogens is 2. The number of nitrogens with zero attached hydrogens (tertiary/aromatic N) is 2. The first-order valence-corrected chi connectivity index (χ1v) is 13.6. The number of rotatable bonds is 0. The van der Waals surface area contributed by atoms with Crippen molar-refractivity contribution in [2.24, 2.45) is 0 Å². The van der Waals surface area contributed by atoms with Gasteiger partial charge in [0.1, 0.15) is 0 Å². The largest absolute Gasteiger partial charge is 0.251 e. The summed E-state index contributed by atoms with van der Waals surface area (Å²) in [5.74, 6) is 0. The number of aryl methyl sites for hydroxylation is 4. The molecule has 0 N–H and O–H groups in total. The molecular weight excluding hydrogens is 388 g/mol. The van der Waals surface area contributed by atoms with Gasteiger partial charge in [0.2, 0.25) is 0 Å². The van der Waals surface area contributed by atoms with Crippen LogP contribution in [0.3, 0.4) is 0 Å². The summed E-state index contributed by atoms with van der Waals surface area (Å²) in [4.78, 5) is 10.6. The average molecular weight is 429 g/mol. The number of allylic oxidation sites excluding steroid dienone is 2. The van der Waals surface area contributed by atoms with Crippen LogP contribution in [0.5, 0.6) is 0 Å². The second-order valence-electron chi connectivity index (χ2n) is 10.3. The van der Waals surface area contributed by atoms with Gasteiger partial charge in [0.15, 0.2) is 0 Å². The molecule has 0 unspecified atom stereocenters. The van der Waals surface area contributed by atoms with E-state index < -0.39 is 0 Å². The van der Waals surface area contributed by atoms with E-state index in [1.165, 1.54) is 114 Å². The molecule has 4 bridgehead atoms. The Morgan fingerprint density at radius 1 is 0.438 bits per heavy atom. The van der Waals surface area contributed by atoms with Crippen LogP contribution in [0, 0.1) is 0 Å². The molecule has 0 saturated heterocycles. The Hall–Kier alpha value is -1.96. The third-order valence-electron chi connectivity index (χ3n) is 7.85. The van der Waals surface area contributed by atoms with Crippen molar-refractivity contribution in [2.75, 3.05) is 0 Å². The molecular formula is C30H40N2. The first-order chi connectivity index (χ1) is 15.9. The molecule has 170 valence electrons. The molecule has 2 nitrogen and oxygen atoms in total. The summed E-state index contributed by atoms with van der Waals surface area (Å²) in [6.45, 7) is 0. The van der Waals surface area contributed by atoms with E-state index >= 15 is 0 Å². The van der Waals surface area contributed by atoms with Gasteiger partial charge in [-0.25, -0.2) is 0 Å². The first kappa shape index (κ1) is 21.9. The van der Waals surface area contributed by atoms with E-state index in [4.69, 9.17) is 9.97 Å². The second-order valence-corrected chi connectivity index (χ2v) is 10.3. The van der Waals surface area contributed by atoms with Crippen molar-refractivity contribution in [1.82, 2.24) is 9.97 Å². The van der Waals surface area contributed by atoms with Crippen molar-refractivity contribution >= 4 is 0 Å². The maximum absolute atomic E-state index is 5.32. The number of hydrogen-bond acceptors (Lipinski definition) is 2. The molecule has 3 aliphatic rings. The van der Waals surface area contributed by atoms with Gasteiger partial charge in [-0.05, 0) is 124 Å². The fraction of sp³-hybridized carbons (Fsp3) is 0.600. The molecule has 0 fully saturated rings. The highest BCUT2D eigenvalue weighted by Crippen LogP contribution is 2.31. The lowest BCUT2D eigenvalue weighted by atomic mass is 9.88. The summed E-state index contributed by atoms with van der Waals surface area (Å²) in [5, 5.41) is 0. The third-order valence-corrected chi connectivity index (χ3v) is 7.85. The SMILES string of the molecule is C1=C\CCCc2nc(cc3c2CCCCCC3)-c2cc3c(c(n2)CCC/1)CCCCCC3. The van der Waals surface area contributed by atoms with Crippen LogP contribution in [0.1, 0.15) is 111 Å². The lowest BCUT2D eigenvalue weighted by Gasteiger charge is -2.21. The van der Waals surface area contributed by atoms with E-state index in [0.717, 1.165) is 24.2 Å². The van der Waals surface area contributed by atoms with E-state index in [1.54, 1.807) is 22.3 Å². The quantitative estimate of drug-likeness (QED) is 0.402. The summed E-state index contributed by atoms with van der Waals surface area (Å²) in [7, 11) is 0. The minimum Gasteiger partial charge on any atom is -0.251 e. The molecule has 5 rings (SSSR count). The first-order valence-electron chi connectivity index (χ1n) is 13.6. The van der Waals surface area contributed by atoms with Crippen molar-refractivity contribution in [3.05, 3.63) is 57.9 Å². The van der Waals surface area contributed by atoms with E-state index in [2.05, 4.69) is 24.3 Å². The van der Waals surface area contributed by atoms with Gasteiger partial charge in [0.05, 0.1) is 11.4 Å². The van der Waals surface area contributed by atoms with Crippen LogP contribution in [0.15, 0.2) is 24.3 Å². The van der Waals surface area contributed by atoms with Gasteiger partial charge in [-0.1, -0.05) is 37.8 Å². The van der Waals surface area contributed by atoms with Gasteiger partial charge in [0.25, 0.3) is 0 Å². The molecule has 32 heavy (non-hydrogen) atoms. The van der Waals surface area contributed by atoms with Gasteiger partial charge < -0.3 is 0 Å². The molecule has 2 heteroatoms. The Morgan fingerprint density at radius 2 is 0.875 bits per heavy atom. The van der Waals surface area contributed by atoms with Gasteiger partial charge >= 0.3 is 0 Å². The van der Waals surface area contributed by atoms with Crippen LogP contribution >= 0.6 is 0 Å². The molecule has 0 atom stereocenters. The van der Waals surface area contributed by atoms with Crippen LogP contribution in [0.2, 0.25) is 0 Å². The van der Waals surface area contributed by atoms with Crippen molar-refractivity contribution in [3.63, 3.8) is 0 Å². The van der Waals surface area contributed by atoms with Crippen LogP contribution in [0.4, 0.5) is 0 Å². The van der Waals surface area contributed by atoms with Crippen LogP contribution in [-0.2, 0) is 38.5 Å². The van der Waals surface area contributed by atoms with Crippen molar-refractivity contribution in [3.8, 4) is 11.4 Å². The van der Waals surface area contributed by atoms with Crippen LogP contribution in [0.25, 0.3) is 11.4 Å². The minimum absolute atomic E-state index is 1.11. The Morgan fingerprint density at radius 3 is 1.34 bits per heavy atom. The van der Waals surface area contributed by atoms with E-state index in [9.17, 15) is 0 Å². The highest BCUT2D eigenvalue weighted by atomic mass is 14.8. The smallest absolute Gasteiger partial charge is 0.0892 e. The number of pyridine rings is 2. The fourth-order valence-electron chi connectivity index (χ4n) is 6.05. The summed E-state index contributed by atoms with van der Waals surface area (Å²) in [5.41, 5.74) is 11.4. The summed E-state index contributed by atoms with van der Waals surface area (Å²) >= 11 is 0. The fourth-order valence-corrected chi connectivity index (χ4v) is 6.05. The molecule has 1 aliphatic heterocycles. The molecule has 2 aliphatic carbocycles. The van der Waals surface area contributed by atoms with Crippen LogP contribution in [-0.4, -0.2) is 9.97 Å². The molecule has 0 saturated carbocycles. The topological polar surface area (TPSA) is 25.8 Å². The Balaban J connectivity index is 1.63. The lowest BCUT2D eigenvalue weighted by Crippen LogP contribution is -2.11. The zero-order valence-electron chi connectivity index (χ0n) is 19.9. The van der Waals surface area contributed by atoms with Gasteiger partial charge in [0, 0.05) is 11.4 Å². The van der Waals surface area contributed by atoms with Crippen LogP contribution < -0.4 is 0 Å². The zero-order valence-corrected chi connectivity index (χ0v) is 19.9. The summed E-state index contributed by atoms with van der Waals surface area (Å²) in [6.07, 6.45) is 27.5. The van der Waals surface area contributed by atoms with Crippen molar-refractivity contribution < 1.29 is 0 Å². The van der Waals surface area contributed by atoms with E-state index in [-0.39, 0.29) is 0 Å². The summed E-state index contributed by atoms with van der Waals surface area (Å²) < 4.78 is 0. The normalized spacial score (nSPS) is 21.0. The second kappa shape index (κ2) is 10.8. The van der Waals surface area contributed by atoms with E-state index in [1.807, 2.05) is 0 Å². The molecule has 2 aromatic rings. The average Bonchev–Trinajstić information content (AvgIpc) is 2.76. The standard InChI is InChI=1S/C30H40N2/c1-2-4-14-20-28-26-18-12-8-6-10-16-24(26)22-30(32-28)29-21-23-15-9-5-7-11-17-25(23)27(31-29)19-13-3-1/h1-2,21-22H,3-20H2/b2-1-. The van der Waals surface area contributed by atoms with Crippen molar-refractivity contribution in [2.45, 2.75) is 116 Å². The van der Waals surface area contributed by atoms with Gasteiger partial charge in [-0.15, -0.1) is 0 Å².